The van der Waals surface area contributed by atoms with Crippen molar-refractivity contribution in [2.24, 2.45) is 0 Å². The van der Waals surface area contributed by atoms with E-state index in [-0.39, 0.29) is 5.56 Å². The van der Waals surface area contributed by atoms with Crippen molar-refractivity contribution in [3.8, 4) is 0 Å². The maximum Gasteiger partial charge on any atom is 0.416 e. The first-order valence-corrected chi connectivity index (χ1v) is 7.47. The average molecular weight is 325 g/mol. The Kier molecular flexibility index (Phi) is 5.21. The van der Waals surface area contributed by atoms with Gasteiger partial charge in [0, 0.05) is 13.1 Å². The molecule has 1 rings (SSSR count). The molecule has 0 radical (unpaired) electrons. The summed E-state index contributed by atoms with van der Waals surface area (Å²) >= 11 is 0. The number of hydrogen-bond acceptors (Lipinski definition) is 1. The van der Waals surface area contributed by atoms with E-state index in [1.807, 2.05) is 0 Å². The van der Waals surface area contributed by atoms with Crippen LogP contribution in [0.3, 0.4) is 0 Å². The molecule has 1 aromatic rings. The first-order valence-electron chi connectivity index (χ1n) is 6.36. The number of halogens is 4. The van der Waals surface area contributed by atoms with Crippen LogP contribution in [0.25, 0.3) is 0 Å². The fraction of sp³-hybridized carbons (Fsp3) is 0.571. The van der Waals surface area contributed by atoms with Gasteiger partial charge < -0.3 is 0 Å². The number of alkyl halides is 3. The van der Waals surface area contributed by atoms with Crippen molar-refractivity contribution in [3.63, 3.8) is 0 Å². The van der Waals surface area contributed by atoms with Crippen molar-refractivity contribution in [2.75, 3.05) is 7.05 Å². The van der Waals surface area contributed by atoms with Gasteiger partial charge in [-0.2, -0.15) is 13.2 Å². The van der Waals surface area contributed by atoms with Crippen LogP contribution in [0, 0.1) is 5.82 Å². The highest BCUT2D eigenvalue weighted by Gasteiger charge is 2.33. The fourth-order valence-corrected chi connectivity index (χ4v) is 3.08. The van der Waals surface area contributed by atoms with Crippen molar-refractivity contribution in [3.05, 3.63) is 35.1 Å². The fourth-order valence-electron chi connectivity index (χ4n) is 1.80. The maximum atomic E-state index is 13.4. The molecule has 0 fully saturated rings. The van der Waals surface area contributed by atoms with Crippen molar-refractivity contribution >= 4 is 11.0 Å². The predicted molar refractivity (Wildman–Crippen MR) is 75.5 cm³/mol. The normalized spacial score (nSPS) is 16.1. The molecule has 0 saturated heterocycles. The first kappa shape index (κ1) is 18.1. The Balaban J connectivity index is 3.16. The third-order valence-corrected chi connectivity index (χ3v) is 4.95. The van der Waals surface area contributed by atoms with Crippen molar-refractivity contribution in [1.82, 2.24) is 4.31 Å². The van der Waals surface area contributed by atoms with Gasteiger partial charge in [-0.05, 0) is 51.5 Å². The van der Waals surface area contributed by atoms with Crippen LogP contribution in [0.2, 0.25) is 0 Å². The van der Waals surface area contributed by atoms with Gasteiger partial charge in [-0.15, -0.1) is 0 Å². The Labute approximate surface area is 124 Å². The highest BCUT2D eigenvalue weighted by Crippen LogP contribution is 2.33. The maximum absolute atomic E-state index is 13.4. The van der Waals surface area contributed by atoms with Crippen molar-refractivity contribution in [1.29, 1.82) is 0 Å². The lowest BCUT2D eigenvalue weighted by Crippen LogP contribution is -2.36. The number of nitrogens with zero attached hydrogens (tertiary/aromatic N) is 1. The summed E-state index contributed by atoms with van der Waals surface area (Å²) in [6.45, 7) is 6.88. The number of benzene rings is 1. The lowest BCUT2D eigenvalue weighted by Gasteiger charge is -2.30. The largest absolute Gasteiger partial charge is 0.416 e. The highest BCUT2D eigenvalue weighted by molar-refractivity contribution is 7.84. The van der Waals surface area contributed by atoms with Gasteiger partial charge in [0.1, 0.15) is 5.82 Å². The van der Waals surface area contributed by atoms with Gasteiger partial charge in [0.25, 0.3) is 0 Å². The van der Waals surface area contributed by atoms with Crippen LogP contribution in [0.5, 0.6) is 0 Å². The zero-order valence-electron chi connectivity index (χ0n) is 12.6. The highest BCUT2D eigenvalue weighted by atomic mass is 32.2. The number of rotatable bonds is 3. The molecule has 0 aliphatic heterocycles. The molecule has 21 heavy (non-hydrogen) atoms. The SMILES string of the molecule is C[C@@H](c1cc(F)cc(C(F)(F)F)c1)N(C)[S@@](=O)C(C)(C)C. The van der Waals surface area contributed by atoms with Crippen LogP contribution < -0.4 is 0 Å². The van der Waals surface area contributed by atoms with E-state index >= 15 is 0 Å². The van der Waals surface area contributed by atoms with E-state index in [2.05, 4.69) is 0 Å². The molecule has 0 amide bonds. The lowest BCUT2D eigenvalue weighted by molar-refractivity contribution is -0.137. The Morgan fingerprint density at radius 3 is 2.10 bits per heavy atom. The summed E-state index contributed by atoms with van der Waals surface area (Å²) < 4.78 is 64.7. The zero-order valence-corrected chi connectivity index (χ0v) is 13.4. The molecule has 0 aromatic heterocycles. The molecule has 0 bridgehead atoms. The molecular weight excluding hydrogens is 306 g/mol. The Hall–Kier alpha value is -0.950. The molecule has 0 N–H and O–H groups in total. The van der Waals surface area contributed by atoms with E-state index in [0.29, 0.717) is 6.07 Å². The predicted octanol–water partition coefficient (Wildman–Crippen LogP) is 4.30. The van der Waals surface area contributed by atoms with Crippen LogP contribution in [-0.4, -0.2) is 20.3 Å². The standard InChI is InChI=1S/C14H19F4NOS/c1-9(19(5)21(20)13(2,3)4)10-6-11(14(16,17)18)8-12(15)7-10/h6-9H,1-5H3/t9-,21-/m0/s1. The molecule has 120 valence electrons. The molecule has 2 nitrogen and oxygen atoms in total. The summed E-state index contributed by atoms with van der Waals surface area (Å²) in [5.74, 6) is -0.957. The van der Waals surface area contributed by atoms with Crippen LogP contribution in [0.15, 0.2) is 18.2 Å². The second-order valence-electron chi connectivity index (χ2n) is 5.85. The van der Waals surface area contributed by atoms with Gasteiger partial charge in [0.15, 0.2) is 0 Å². The van der Waals surface area contributed by atoms with Gasteiger partial charge in [-0.1, -0.05) is 0 Å². The second kappa shape index (κ2) is 6.04. The van der Waals surface area contributed by atoms with E-state index in [0.717, 1.165) is 12.1 Å². The Morgan fingerprint density at radius 2 is 1.67 bits per heavy atom. The van der Waals surface area contributed by atoms with Gasteiger partial charge >= 0.3 is 6.18 Å². The Bertz CT molecular complexity index is 537. The van der Waals surface area contributed by atoms with Gasteiger partial charge in [0.05, 0.1) is 21.3 Å². The minimum atomic E-state index is -4.61. The Morgan fingerprint density at radius 1 is 1.14 bits per heavy atom. The third kappa shape index (κ3) is 4.51. The molecule has 0 spiro atoms. The molecule has 0 heterocycles. The van der Waals surface area contributed by atoms with Crippen LogP contribution >= 0.6 is 0 Å². The molecular formula is C14H19F4NOS. The van der Waals surface area contributed by atoms with E-state index in [1.54, 1.807) is 34.7 Å². The average Bonchev–Trinajstić information content (AvgIpc) is 2.33. The van der Waals surface area contributed by atoms with Crippen LogP contribution in [0.4, 0.5) is 17.6 Å². The summed E-state index contributed by atoms with van der Waals surface area (Å²) in [4.78, 5) is 0. The molecule has 7 heteroatoms. The first-order chi connectivity index (χ1) is 9.34. The van der Waals surface area contributed by atoms with Crippen LogP contribution in [-0.2, 0) is 17.2 Å². The van der Waals surface area contributed by atoms with E-state index in [4.69, 9.17) is 0 Å². The van der Waals surface area contributed by atoms with Crippen molar-refractivity contribution in [2.45, 2.75) is 44.7 Å². The van der Waals surface area contributed by atoms with Gasteiger partial charge in [-0.25, -0.2) is 12.9 Å². The molecule has 0 aliphatic carbocycles. The minimum Gasteiger partial charge on any atom is -0.242 e. The monoisotopic (exact) mass is 325 g/mol. The van der Waals surface area contributed by atoms with Gasteiger partial charge in [0.2, 0.25) is 0 Å². The zero-order chi connectivity index (χ0) is 16.6. The van der Waals surface area contributed by atoms with E-state index in [9.17, 15) is 21.8 Å². The summed E-state index contributed by atoms with van der Waals surface area (Å²) in [6.07, 6.45) is -4.61. The lowest BCUT2D eigenvalue weighted by atomic mass is 10.0. The summed E-state index contributed by atoms with van der Waals surface area (Å²) in [5.41, 5.74) is -0.901. The van der Waals surface area contributed by atoms with Crippen molar-refractivity contribution < 1.29 is 21.8 Å². The van der Waals surface area contributed by atoms with E-state index in [1.165, 1.54) is 4.31 Å². The quantitative estimate of drug-likeness (QED) is 0.759. The molecule has 0 saturated carbocycles. The molecule has 0 unspecified atom stereocenters. The molecule has 1 aromatic carbocycles. The van der Waals surface area contributed by atoms with Crippen LogP contribution in [0.1, 0.15) is 44.9 Å². The molecule has 2 atom stereocenters. The third-order valence-electron chi connectivity index (χ3n) is 3.06. The summed E-state index contributed by atoms with van der Waals surface area (Å²) in [7, 11) is 0.128. The van der Waals surface area contributed by atoms with E-state index < -0.39 is 39.3 Å². The van der Waals surface area contributed by atoms with Gasteiger partial charge in [-0.3, -0.25) is 0 Å². The summed E-state index contributed by atoms with van der Waals surface area (Å²) in [6, 6.07) is 1.78. The topological polar surface area (TPSA) is 20.3 Å². The summed E-state index contributed by atoms with van der Waals surface area (Å²) in [5, 5.41) is 0. The molecule has 0 aliphatic rings. The second-order valence-corrected chi connectivity index (χ2v) is 8.15. The smallest absolute Gasteiger partial charge is 0.242 e. The minimum absolute atomic E-state index is 0.141. The number of hydrogen-bond donors (Lipinski definition) is 0.